The molecule has 1 saturated heterocycles. The fourth-order valence-electron chi connectivity index (χ4n) is 7.67. The summed E-state index contributed by atoms with van der Waals surface area (Å²) in [6.07, 6.45) is 4.07. The summed E-state index contributed by atoms with van der Waals surface area (Å²) in [6, 6.07) is 28.7. The fraction of sp³-hybridized carbons (Fsp3) is 0.341. The van der Waals surface area contributed by atoms with E-state index in [0.29, 0.717) is 37.1 Å². The van der Waals surface area contributed by atoms with Crippen LogP contribution >= 0.6 is 0 Å². The number of benzene rings is 4. The molecule has 50 heavy (non-hydrogen) atoms. The summed E-state index contributed by atoms with van der Waals surface area (Å²) < 4.78 is 15.0. The molecule has 5 atom stereocenters. The quantitative estimate of drug-likeness (QED) is 0.194. The molecule has 4 aromatic rings. The zero-order chi connectivity index (χ0) is 34.6. The molecule has 3 amide bonds. The highest BCUT2D eigenvalue weighted by Crippen LogP contribution is 2.30. The minimum Gasteiger partial charge on any atom is -0.348 e. The number of hydrogen-bond acceptors (Lipinski definition) is 5. The van der Waals surface area contributed by atoms with Crippen LogP contribution in [0, 0.1) is 5.82 Å². The van der Waals surface area contributed by atoms with Gasteiger partial charge < -0.3 is 26.2 Å². The minimum atomic E-state index is -0.515. The molecule has 4 aromatic carbocycles. The monoisotopic (exact) mass is 673 g/mol. The van der Waals surface area contributed by atoms with Gasteiger partial charge in [-0.1, -0.05) is 78.9 Å². The number of nitrogens with one attached hydrogen (secondary N) is 4. The summed E-state index contributed by atoms with van der Waals surface area (Å²) in [5, 5.41) is 13.0. The van der Waals surface area contributed by atoms with Gasteiger partial charge in [-0.2, -0.15) is 0 Å². The van der Waals surface area contributed by atoms with Crippen LogP contribution in [-0.2, 0) is 35.5 Å². The first-order valence-corrected chi connectivity index (χ1v) is 17.7. The molecular weight excluding hydrogens is 629 g/mol. The van der Waals surface area contributed by atoms with Gasteiger partial charge >= 0.3 is 0 Å². The Morgan fingerprint density at radius 2 is 1.56 bits per heavy atom. The van der Waals surface area contributed by atoms with Crippen LogP contribution in [-0.4, -0.2) is 47.3 Å². The van der Waals surface area contributed by atoms with E-state index in [1.807, 2.05) is 43.3 Å². The van der Waals surface area contributed by atoms with Crippen molar-refractivity contribution in [3.63, 3.8) is 0 Å². The number of aryl methyl sites for hydroxylation is 1. The van der Waals surface area contributed by atoms with Gasteiger partial charge in [0, 0.05) is 36.8 Å². The maximum Gasteiger partial charge on any atom is 0.251 e. The Bertz CT molecular complexity index is 1860. The Hall–Kier alpha value is -4.86. The molecule has 2 heterocycles. The lowest BCUT2D eigenvalue weighted by Crippen LogP contribution is -2.50. The second-order valence-electron chi connectivity index (χ2n) is 13.8. The Morgan fingerprint density at radius 1 is 0.840 bits per heavy atom. The molecule has 0 radical (unpaired) electrons. The molecule has 0 bridgehead atoms. The topological polar surface area (TPSA) is 103 Å². The van der Waals surface area contributed by atoms with Crippen molar-refractivity contribution in [2.24, 2.45) is 0 Å². The van der Waals surface area contributed by atoms with Crippen molar-refractivity contribution in [2.75, 3.05) is 6.54 Å². The Balaban J connectivity index is 0.982. The van der Waals surface area contributed by atoms with E-state index in [4.69, 9.17) is 0 Å². The van der Waals surface area contributed by atoms with E-state index in [1.54, 1.807) is 35.2 Å². The van der Waals surface area contributed by atoms with Crippen LogP contribution in [0.4, 0.5) is 4.39 Å². The van der Waals surface area contributed by atoms with Crippen LogP contribution < -0.4 is 21.3 Å². The van der Waals surface area contributed by atoms with Crippen molar-refractivity contribution < 1.29 is 18.8 Å². The Kier molecular flexibility index (Phi) is 10.1. The highest BCUT2D eigenvalue weighted by Gasteiger charge is 2.34. The number of carbonyl (C=O) groups is 3. The van der Waals surface area contributed by atoms with E-state index in [2.05, 4.69) is 45.5 Å². The molecule has 0 aromatic heterocycles. The normalized spacial score (nSPS) is 21.7. The molecule has 3 aliphatic rings. The first-order chi connectivity index (χ1) is 24.3. The average molecular weight is 674 g/mol. The molecule has 2 aliphatic heterocycles. The predicted molar refractivity (Wildman–Crippen MR) is 191 cm³/mol. The number of rotatable bonds is 9. The van der Waals surface area contributed by atoms with Gasteiger partial charge in [0.25, 0.3) is 5.91 Å². The van der Waals surface area contributed by atoms with E-state index in [-0.39, 0.29) is 48.2 Å². The highest BCUT2D eigenvalue weighted by atomic mass is 19.1. The number of fused-ring (bicyclic) bond motifs is 2. The summed E-state index contributed by atoms with van der Waals surface area (Å²) >= 11 is 0. The van der Waals surface area contributed by atoms with Gasteiger partial charge in [-0.25, -0.2) is 4.39 Å². The molecule has 1 unspecified atom stereocenters. The van der Waals surface area contributed by atoms with Gasteiger partial charge in [-0.05, 0) is 85.0 Å². The summed E-state index contributed by atoms with van der Waals surface area (Å²) in [7, 11) is 0. The maximum atomic E-state index is 15.0. The SMILES string of the molecule is C[C@H](c1ccccc1F)N(Cc1ccc(C(=O)N[C@@H]2CNC(C(=O)N[C@@H]3CCCc4ccccc43)C2)cc1)C(=O)[C@@H]1Cc2ccccc2CN1. The van der Waals surface area contributed by atoms with Crippen LogP contribution in [0.5, 0.6) is 0 Å². The Labute approximate surface area is 292 Å². The van der Waals surface area contributed by atoms with E-state index >= 15 is 0 Å². The first-order valence-electron chi connectivity index (χ1n) is 17.7. The molecule has 258 valence electrons. The first kappa shape index (κ1) is 33.6. The summed E-state index contributed by atoms with van der Waals surface area (Å²) in [5.41, 5.74) is 6.59. The number of carbonyl (C=O) groups excluding carboxylic acids is 3. The molecule has 1 fully saturated rings. The van der Waals surface area contributed by atoms with Crippen molar-refractivity contribution in [1.29, 1.82) is 0 Å². The van der Waals surface area contributed by atoms with E-state index in [9.17, 15) is 18.8 Å². The van der Waals surface area contributed by atoms with Gasteiger partial charge in [-0.3, -0.25) is 14.4 Å². The molecule has 0 saturated carbocycles. The molecule has 4 N–H and O–H groups in total. The largest absolute Gasteiger partial charge is 0.348 e. The standard InChI is InChI=1S/C41H44FN5O3/c1-26(33-13-6-7-15-35(33)42)47(41(50)38-21-30-10-2-3-11-31(30)23-43-38)25-27-17-19-29(20-18-27)39(48)45-32-22-37(44-24-32)40(49)46-36-16-8-12-28-9-4-5-14-34(28)36/h2-7,9-11,13-15,17-20,26,32,36-38,43-44H,8,12,16,21-25H2,1H3,(H,45,48)(H,46,49)/t26-,32+,36-,37?,38+/m1/s1. The minimum absolute atomic E-state index is 0.0120. The van der Waals surface area contributed by atoms with E-state index in [1.165, 1.54) is 22.8 Å². The molecule has 7 rings (SSSR count). The average Bonchev–Trinajstić information content (AvgIpc) is 3.62. The molecular formula is C41H44FN5O3. The van der Waals surface area contributed by atoms with Gasteiger partial charge in [0.2, 0.25) is 11.8 Å². The maximum absolute atomic E-state index is 15.0. The van der Waals surface area contributed by atoms with Gasteiger partial charge in [-0.15, -0.1) is 0 Å². The lowest BCUT2D eigenvalue weighted by molar-refractivity contribution is -0.136. The van der Waals surface area contributed by atoms with Crippen LogP contribution in [0.1, 0.15) is 82.0 Å². The van der Waals surface area contributed by atoms with Gasteiger partial charge in [0.05, 0.1) is 24.2 Å². The van der Waals surface area contributed by atoms with Crippen molar-refractivity contribution in [3.05, 3.63) is 142 Å². The molecule has 1 aliphatic carbocycles. The summed E-state index contributed by atoms with van der Waals surface area (Å²) in [6.45, 7) is 3.21. The lowest BCUT2D eigenvalue weighted by atomic mass is 9.87. The van der Waals surface area contributed by atoms with Gasteiger partial charge in [0.15, 0.2) is 0 Å². The van der Waals surface area contributed by atoms with Crippen molar-refractivity contribution in [1.82, 2.24) is 26.2 Å². The van der Waals surface area contributed by atoms with Crippen LogP contribution in [0.25, 0.3) is 0 Å². The summed E-state index contributed by atoms with van der Waals surface area (Å²) in [5.74, 6) is -0.711. The zero-order valence-corrected chi connectivity index (χ0v) is 28.3. The van der Waals surface area contributed by atoms with E-state index < -0.39 is 12.1 Å². The zero-order valence-electron chi connectivity index (χ0n) is 28.3. The van der Waals surface area contributed by atoms with Crippen LogP contribution in [0.15, 0.2) is 97.1 Å². The highest BCUT2D eigenvalue weighted by molar-refractivity contribution is 5.94. The third kappa shape index (κ3) is 7.34. The van der Waals surface area contributed by atoms with Gasteiger partial charge in [0.1, 0.15) is 5.82 Å². The second-order valence-corrected chi connectivity index (χ2v) is 13.8. The van der Waals surface area contributed by atoms with Crippen LogP contribution in [0.3, 0.4) is 0 Å². The Morgan fingerprint density at radius 3 is 2.36 bits per heavy atom. The second kappa shape index (κ2) is 14.9. The number of halogens is 1. The third-order valence-electron chi connectivity index (χ3n) is 10.5. The van der Waals surface area contributed by atoms with Crippen molar-refractivity contribution in [3.8, 4) is 0 Å². The lowest BCUT2D eigenvalue weighted by Gasteiger charge is -2.35. The summed E-state index contributed by atoms with van der Waals surface area (Å²) in [4.78, 5) is 42.2. The van der Waals surface area contributed by atoms with Crippen molar-refractivity contribution >= 4 is 17.7 Å². The number of hydrogen-bond donors (Lipinski definition) is 4. The third-order valence-corrected chi connectivity index (χ3v) is 10.5. The molecule has 8 nitrogen and oxygen atoms in total. The van der Waals surface area contributed by atoms with Crippen molar-refractivity contribution in [2.45, 2.75) is 82.3 Å². The molecule has 0 spiro atoms. The smallest absolute Gasteiger partial charge is 0.251 e. The predicted octanol–water partition coefficient (Wildman–Crippen LogP) is 5.28. The molecule has 9 heteroatoms. The van der Waals surface area contributed by atoms with E-state index in [0.717, 1.165) is 30.4 Å². The fourth-order valence-corrected chi connectivity index (χ4v) is 7.67. The number of amides is 3. The number of nitrogens with zero attached hydrogens (tertiary/aromatic N) is 1. The van der Waals surface area contributed by atoms with Crippen LogP contribution in [0.2, 0.25) is 0 Å².